The molecule has 1 aromatic heterocycles. The molecule has 1 saturated heterocycles. The van der Waals surface area contributed by atoms with E-state index in [-0.39, 0.29) is 5.91 Å². The van der Waals surface area contributed by atoms with E-state index >= 15 is 0 Å². The Bertz CT molecular complexity index is 968. The van der Waals surface area contributed by atoms with Crippen molar-refractivity contribution < 1.29 is 9.53 Å². The van der Waals surface area contributed by atoms with Crippen LogP contribution in [0.15, 0.2) is 67.0 Å². The highest BCUT2D eigenvalue weighted by molar-refractivity contribution is 6.32. The van der Waals surface area contributed by atoms with Crippen LogP contribution >= 0.6 is 11.6 Å². The highest BCUT2D eigenvalue weighted by Gasteiger charge is 2.23. The summed E-state index contributed by atoms with van der Waals surface area (Å²) in [5, 5.41) is 4.98. The van der Waals surface area contributed by atoms with Crippen LogP contribution < -0.4 is 4.74 Å². The van der Waals surface area contributed by atoms with E-state index in [1.54, 1.807) is 6.20 Å². The van der Waals surface area contributed by atoms with Gasteiger partial charge in [0, 0.05) is 38.9 Å². The molecular weight excluding hydrogens is 400 g/mol. The van der Waals surface area contributed by atoms with Gasteiger partial charge in [-0.2, -0.15) is 5.10 Å². The number of hydrogen-bond acceptors (Lipinski definition) is 4. The van der Waals surface area contributed by atoms with E-state index in [0.29, 0.717) is 42.6 Å². The van der Waals surface area contributed by atoms with E-state index in [0.717, 1.165) is 25.2 Å². The minimum Gasteiger partial charge on any atom is -0.491 e. The summed E-state index contributed by atoms with van der Waals surface area (Å²) < 4.78 is 7.58. The highest BCUT2D eigenvalue weighted by atomic mass is 35.5. The lowest BCUT2D eigenvalue weighted by Gasteiger charge is -2.34. The van der Waals surface area contributed by atoms with E-state index in [9.17, 15) is 4.79 Å². The van der Waals surface area contributed by atoms with Crippen molar-refractivity contribution in [2.24, 2.45) is 0 Å². The third kappa shape index (κ3) is 5.20. The van der Waals surface area contributed by atoms with Crippen LogP contribution in [0.4, 0.5) is 0 Å². The molecule has 4 rings (SSSR count). The van der Waals surface area contributed by atoms with Gasteiger partial charge >= 0.3 is 0 Å². The van der Waals surface area contributed by atoms with E-state index in [1.165, 1.54) is 0 Å². The second kappa shape index (κ2) is 9.78. The fourth-order valence-electron chi connectivity index (χ4n) is 3.53. The van der Waals surface area contributed by atoms with Crippen molar-refractivity contribution >= 4 is 17.5 Å². The fourth-order valence-corrected chi connectivity index (χ4v) is 3.72. The Hall–Kier alpha value is -2.83. The van der Waals surface area contributed by atoms with Gasteiger partial charge in [0.25, 0.3) is 5.91 Å². The van der Waals surface area contributed by atoms with Crippen LogP contribution in [-0.4, -0.2) is 64.8 Å². The zero-order valence-corrected chi connectivity index (χ0v) is 17.5. The average Bonchev–Trinajstić information content (AvgIpc) is 3.24. The summed E-state index contributed by atoms with van der Waals surface area (Å²) in [4.78, 5) is 17.0. The lowest BCUT2D eigenvalue weighted by Crippen LogP contribution is -2.49. The van der Waals surface area contributed by atoms with E-state index in [2.05, 4.69) is 22.1 Å². The molecule has 0 radical (unpaired) electrons. The number of halogens is 1. The van der Waals surface area contributed by atoms with Gasteiger partial charge in [-0.1, -0.05) is 54.1 Å². The lowest BCUT2D eigenvalue weighted by molar-refractivity contribution is 0.0620. The molecule has 1 aliphatic heterocycles. The first-order valence-electron chi connectivity index (χ1n) is 10.1. The first-order valence-corrected chi connectivity index (χ1v) is 10.5. The summed E-state index contributed by atoms with van der Waals surface area (Å²) in [6, 6.07) is 17.6. The second-order valence-electron chi connectivity index (χ2n) is 7.32. The summed E-state index contributed by atoms with van der Waals surface area (Å²) in [7, 11) is 0. The first-order chi connectivity index (χ1) is 14.7. The number of benzene rings is 2. The average molecular weight is 425 g/mol. The number of nitrogens with zero attached hydrogens (tertiary/aromatic N) is 4. The van der Waals surface area contributed by atoms with Gasteiger partial charge < -0.3 is 9.64 Å². The normalized spacial score (nSPS) is 14.6. The number of piperazine rings is 1. The number of ether oxygens (including phenoxy) is 1. The molecule has 0 N–H and O–H groups in total. The van der Waals surface area contributed by atoms with Crippen LogP contribution in [0.1, 0.15) is 15.9 Å². The van der Waals surface area contributed by atoms with Crippen LogP contribution in [0.5, 0.6) is 5.75 Å². The molecule has 0 bridgehead atoms. The number of carbonyl (C=O) groups is 1. The third-order valence-electron chi connectivity index (χ3n) is 5.23. The summed E-state index contributed by atoms with van der Waals surface area (Å²) >= 11 is 6.12. The zero-order chi connectivity index (χ0) is 20.8. The largest absolute Gasteiger partial charge is 0.491 e. The summed E-state index contributed by atoms with van der Waals surface area (Å²) in [6.45, 7) is 5.11. The van der Waals surface area contributed by atoms with Crippen LogP contribution in [0.25, 0.3) is 0 Å². The molecule has 156 valence electrons. The van der Waals surface area contributed by atoms with E-state index in [1.807, 2.05) is 58.2 Å². The minimum atomic E-state index is 0.0429. The molecule has 1 amide bonds. The standard InChI is InChI=1S/C23H25ClN4O2/c24-21-8-4-5-9-22(21)30-15-14-26-10-12-27(13-11-26)23(29)20-16-25-28(18-20)17-19-6-2-1-3-7-19/h1-9,16,18H,10-15,17H2. The van der Waals surface area contributed by atoms with Gasteiger partial charge in [-0.05, 0) is 17.7 Å². The van der Waals surface area contributed by atoms with Crippen molar-refractivity contribution in [3.8, 4) is 5.75 Å². The molecule has 2 heterocycles. The van der Waals surface area contributed by atoms with Gasteiger partial charge in [0.1, 0.15) is 12.4 Å². The first kappa shape index (κ1) is 20.4. The van der Waals surface area contributed by atoms with Crippen LogP contribution in [-0.2, 0) is 6.54 Å². The highest BCUT2D eigenvalue weighted by Crippen LogP contribution is 2.23. The van der Waals surface area contributed by atoms with Gasteiger partial charge in [0.15, 0.2) is 0 Å². The molecule has 2 aromatic carbocycles. The zero-order valence-electron chi connectivity index (χ0n) is 16.8. The van der Waals surface area contributed by atoms with Crippen molar-refractivity contribution in [1.82, 2.24) is 19.6 Å². The number of hydrogen-bond donors (Lipinski definition) is 0. The molecule has 7 heteroatoms. The number of rotatable bonds is 7. The van der Waals surface area contributed by atoms with Gasteiger partial charge in [-0.15, -0.1) is 0 Å². The number of aromatic nitrogens is 2. The SMILES string of the molecule is O=C(c1cnn(Cc2ccccc2)c1)N1CCN(CCOc2ccccc2Cl)CC1. The van der Waals surface area contributed by atoms with Gasteiger partial charge in [-0.3, -0.25) is 14.4 Å². The Morgan fingerprint density at radius 1 is 1.00 bits per heavy atom. The van der Waals surface area contributed by atoms with Crippen LogP contribution in [0.3, 0.4) is 0 Å². The predicted octanol–water partition coefficient (Wildman–Crippen LogP) is 3.42. The fraction of sp³-hybridized carbons (Fsp3) is 0.304. The molecule has 0 aliphatic carbocycles. The second-order valence-corrected chi connectivity index (χ2v) is 7.73. The maximum Gasteiger partial charge on any atom is 0.257 e. The minimum absolute atomic E-state index is 0.0429. The molecule has 0 atom stereocenters. The van der Waals surface area contributed by atoms with Crippen LogP contribution in [0, 0.1) is 0 Å². The Balaban J connectivity index is 1.23. The Morgan fingerprint density at radius 2 is 1.73 bits per heavy atom. The molecule has 6 nitrogen and oxygen atoms in total. The predicted molar refractivity (Wildman–Crippen MR) is 117 cm³/mol. The van der Waals surface area contributed by atoms with Gasteiger partial charge in [-0.25, -0.2) is 0 Å². The summed E-state index contributed by atoms with van der Waals surface area (Å²) in [6.07, 6.45) is 3.49. The van der Waals surface area contributed by atoms with E-state index < -0.39 is 0 Å². The monoisotopic (exact) mass is 424 g/mol. The molecular formula is C23H25ClN4O2. The molecule has 3 aromatic rings. The van der Waals surface area contributed by atoms with E-state index in [4.69, 9.17) is 16.3 Å². The topological polar surface area (TPSA) is 50.6 Å². The number of para-hydroxylation sites is 1. The molecule has 0 spiro atoms. The maximum absolute atomic E-state index is 12.8. The quantitative estimate of drug-likeness (QED) is 0.583. The van der Waals surface area contributed by atoms with Crippen molar-refractivity contribution in [3.05, 3.63) is 83.1 Å². The van der Waals surface area contributed by atoms with Crippen molar-refractivity contribution in [1.29, 1.82) is 0 Å². The van der Waals surface area contributed by atoms with Gasteiger partial charge in [0.05, 0.1) is 23.3 Å². The molecule has 1 aliphatic rings. The number of amides is 1. The Morgan fingerprint density at radius 3 is 2.50 bits per heavy atom. The van der Waals surface area contributed by atoms with Crippen LogP contribution in [0.2, 0.25) is 5.02 Å². The molecule has 1 fully saturated rings. The Labute approximate surface area is 181 Å². The third-order valence-corrected chi connectivity index (χ3v) is 5.54. The maximum atomic E-state index is 12.8. The molecule has 0 saturated carbocycles. The molecule has 0 unspecified atom stereocenters. The summed E-state index contributed by atoms with van der Waals surface area (Å²) in [5.41, 5.74) is 1.80. The lowest BCUT2D eigenvalue weighted by atomic mass is 10.2. The number of carbonyl (C=O) groups excluding carboxylic acids is 1. The summed E-state index contributed by atoms with van der Waals surface area (Å²) in [5.74, 6) is 0.752. The smallest absolute Gasteiger partial charge is 0.257 e. The molecule has 30 heavy (non-hydrogen) atoms. The van der Waals surface area contributed by atoms with Crippen molar-refractivity contribution in [2.75, 3.05) is 39.3 Å². The van der Waals surface area contributed by atoms with Crippen molar-refractivity contribution in [3.63, 3.8) is 0 Å². The van der Waals surface area contributed by atoms with Crippen molar-refractivity contribution in [2.45, 2.75) is 6.54 Å². The Kier molecular flexibility index (Phi) is 6.67. The van der Waals surface area contributed by atoms with Gasteiger partial charge in [0.2, 0.25) is 0 Å².